The number of fused-ring (bicyclic) bond motifs is 1. The van der Waals surface area contributed by atoms with E-state index in [1.54, 1.807) is 6.08 Å². The van der Waals surface area contributed by atoms with Crippen LogP contribution < -0.4 is 0 Å². The van der Waals surface area contributed by atoms with Gasteiger partial charge in [-0.25, -0.2) is 0 Å². The second kappa shape index (κ2) is 4.50. The summed E-state index contributed by atoms with van der Waals surface area (Å²) in [6.45, 7) is 6.88. The van der Waals surface area contributed by atoms with Crippen LogP contribution in [0.15, 0.2) is 12.2 Å². The summed E-state index contributed by atoms with van der Waals surface area (Å²) in [7, 11) is 0. The summed E-state index contributed by atoms with van der Waals surface area (Å²) in [5.41, 5.74) is -0.104. The predicted octanol–water partition coefficient (Wildman–Crippen LogP) is 1.15. The largest absolute Gasteiger partial charge is 0.337 e. The Bertz CT molecular complexity index is 381. The minimum absolute atomic E-state index is 0.104. The average Bonchev–Trinajstić information content (AvgIpc) is 2.68. The molecule has 2 saturated heterocycles. The van der Waals surface area contributed by atoms with Gasteiger partial charge in [0.2, 0.25) is 5.91 Å². The topological polar surface area (TPSA) is 47.3 Å². The number of piperazine rings is 1. The quantitative estimate of drug-likeness (QED) is 0.672. The molecule has 4 heteroatoms. The van der Waals surface area contributed by atoms with Gasteiger partial charge in [-0.1, -0.05) is 6.08 Å². The van der Waals surface area contributed by atoms with Gasteiger partial charge in [-0.3, -0.25) is 9.69 Å². The normalized spacial score (nSPS) is 26.3. The summed E-state index contributed by atoms with van der Waals surface area (Å²) in [6, 6.07) is 2.43. The molecule has 0 saturated carbocycles. The highest BCUT2D eigenvalue weighted by Crippen LogP contribution is 2.27. The molecule has 2 rings (SSSR count). The fourth-order valence-electron chi connectivity index (χ4n) is 2.73. The Kier molecular flexibility index (Phi) is 3.21. The molecule has 0 spiro atoms. The van der Waals surface area contributed by atoms with Crippen molar-refractivity contribution in [3.63, 3.8) is 0 Å². The molecule has 2 heterocycles. The first kappa shape index (κ1) is 12.1. The molecule has 1 amide bonds. The zero-order valence-electron chi connectivity index (χ0n) is 10.5. The van der Waals surface area contributed by atoms with Crippen LogP contribution >= 0.6 is 0 Å². The average molecular weight is 233 g/mol. The summed E-state index contributed by atoms with van der Waals surface area (Å²) in [5, 5.41) is 8.60. The first-order valence-electron chi connectivity index (χ1n) is 6.16. The molecule has 0 N–H and O–H groups in total. The second-order valence-corrected chi connectivity index (χ2v) is 5.34. The van der Waals surface area contributed by atoms with Crippen LogP contribution in [0.3, 0.4) is 0 Å². The number of hydrogen-bond donors (Lipinski definition) is 0. The molecule has 4 nitrogen and oxygen atoms in total. The number of carbonyl (C=O) groups is 1. The summed E-state index contributed by atoms with van der Waals surface area (Å²) >= 11 is 0. The van der Waals surface area contributed by atoms with Crippen molar-refractivity contribution in [2.75, 3.05) is 19.6 Å². The molecule has 2 aliphatic heterocycles. The third-order valence-corrected chi connectivity index (χ3v) is 3.88. The maximum atomic E-state index is 11.6. The van der Waals surface area contributed by atoms with Crippen LogP contribution in [-0.4, -0.2) is 46.9 Å². The smallest absolute Gasteiger partial charge is 0.222 e. The van der Waals surface area contributed by atoms with E-state index in [4.69, 9.17) is 5.26 Å². The van der Waals surface area contributed by atoms with Gasteiger partial charge in [0.25, 0.3) is 0 Å². The van der Waals surface area contributed by atoms with E-state index in [9.17, 15) is 4.79 Å². The van der Waals surface area contributed by atoms with Gasteiger partial charge in [0.15, 0.2) is 0 Å². The third kappa shape index (κ3) is 2.34. The molecule has 0 aromatic carbocycles. The number of allylic oxidation sites excluding steroid dienone is 1. The Labute approximate surface area is 102 Å². The SMILES string of the molecule is CC(C)(/C=C/C#N)N1CCN2C(=O)CC[C@H]2C1. The number of hydrogen-bond acceptors (Lipinski definition) is 3. The molecule has 2 aliphatic rings. The summed E-state index contributed by atoms with van der Waals surface area (Å²) in [5.74, 6) is 0.306. The highest BCUT2D eigenvalue weighted by molar-refractivity contribution is 5.78. The molecule has 0 aromatic heterocycles. The molecule has 92 valence electrons. The number of nitriles is 1. The molecule has 0 radical (unpaired) electrons. The lowest BCUT2D eigenvalue weighted by Crippen LogP contribution is -2.57. The van der Waals surface area contributed by atoms with Gasteiger partial charge in [0.05, 0.1) is 6.07 Å². The Hall–Kier alpha value is -1.34. The molecule has 0 bridgehead atoms. The maximum Gasteiger partial charge on any atom is 0.222 e. The Morgan fingerprint density at radius 1 is 1.47 bits per heavy atom. The minimum Gasteiger partial charge on any atom is -0.337 e. The monoisotopic (exact) mass is 233 g/mol. The van der Waals surface area contributed by atoms with Crippen molar-refractivity contribution in [3.8, 4) is 6.07 Å². The zero-order chi connectivity index (χ0) is 12.5. The fraction of sp³-hybridized carbons (Fsp3) is 0.692. The van der Waals surface area contributed by atoms with Crippen LogP contribution in [0.25, 0.3) is 0 Å². The number of rotatable bonds is 2. The molecule has 0 aliphatic carbocycles. The van der Waals surface area contributed by atoms with Gasteiger partial charge >= 0.3 is 0 Å². The molecule has 1 atom stereocenters. The molecular weight excluding hydrogens is 214 g/mol. The van der Waals surface area contributed by atoms with E-state index in [1.165, 1.54) is 0 Å². The van der Waals surface area contributed by atoms with Gasteiger partial charge in [-0.15, -0.1) is 0 Å². The Morgan fingerprint density at radius 3 is 2.94 bits per heavy atom. The Morgan fingerprint density at radius 2 is 2.24 bits per heavy atom. The van der Waals surface area contributed by atoms with Crippen molar-refractivity contribution in [3.05, 3.63) is 12.2 Å². The van der Waals surface area contributed by atoms with Gasteiger partial charge in [-0.05, 0) is 20.3 Å². The zero-order valence-corrected chi connectivity index (χ0v) is 10.5. The van der Waals surface area contributed by atoms with Crippen LogP contribution in [0.1, 0.15) is 26.7 Å². The first-order valence-corrected chi connectivity index (χ1v) is 6.16. The van der Waals surface area contributed by atoms with Crippen LogP contribution in [-0.2, 0) is 4.79 Å². The molecule has 0 unspecified atom stereocenters. The number of amides is 1. The summed E-state index contributed by atoms with van der Waals surface area (Å²) in [4.78, 5) is 16.0. The van der Waals surface area contributed by atoms with Crippen molar-refractivity contribution in [2.24, 2.45) is 0 Å². The molecule has 17 heavy (non-hydrogen) atoms. The van der Waals surface area contributed by atoms with Crippen LogP contribution in [0, 0.1) is 11.3 Å². The number of carbonyl (C=O) groups excluding carboxylic acids is 1. The standard InChI is InChI=1S/C13H19N3O/c1-13(2,6-3-7-14)15-8-9-16-11(10-15)4-5-12(16)17/h3,6,11H,4-5,8-10H2,1-2H3/b6-3+/t11-/m0/s1. The highest BCUT2D eigenvalue weighted by atomic mass is 16.2. The first-order chi connectivity index (χ1) is 8.04. The maximum absolute atomic E-state index is 11.6. The van der Waals surface area contributed by atoms with E-state index in [0.29, 0.717) is 18.4 Å². The van der Waals surface area contributed by atoms with Gasteiger partial charge < -0.3 is 4.90 Å². The van der Waals surface area contributed by atoms with Crippen molar-refractivity contribution in [1.82, 2.24) is 9.80 Å². The van der Waals surface area contributed by atoms with Crippen molar-refractivity contribution < 1.29 is 4.79 Å². The lowest BCUT2D eigenvalue weighted by Gasteiger charge is -2.44. The lowest BCUT2D eigenvalue weighted by molar-refractivity contribution is -0.131. The number of nitrogens with zero attached hydrogens (tertiary/aromatic N) is 3. The van der Waals surface area contributed by atoms with Gasteiger partial charge in [-0.2, -0.15) is 5.26 Å². The molecular formula is C13H19N3O. The lowest BCUT2D eigenvalue weighted by atomic mass is 9.99. The van der Waals surface area contributed by atoms with Crippen molar-refractivity contribution >= 4 is 5.91 Å². The van der Waals surface area contributed by atoms with E-state index < -0.39 is 0 Å². The van der Waals surface area contributed by atoms with Crippen molar-refractivity contribution in [1.29, 1.82) is 5.26 Å². The van der Waals surface area contributed by atoms with Gasteiger partial charge in [0.1, 0.15) is 0 Å². The fourth-order valence-corrected chi connectivity index (χ4v) is 2.73. The molecule has 0 aromatic rings. The highest BCUT2D eigenvalue weighted by Gasteiger charge is 2.38. The van der Waals surface area contributed by atoms with Gasteiger partial charge in [0, 0.05) is 43.7 Å². The Balaban J connectivity index is 2.04. The van der Waals surface area contributed by atoms with E-state index in [1.807, 2.05) is 17.0 Å². The van der Waals surface area contributed by atoms with E-state index >= 15 is 0 Å². The third-order valence-electron chi connectivity index (χ3n) is 3.88. The second-order valence-electron chi connectivity index (χ2n) is 5.34. The summed E-state index contributed by atoms with van der Waals surface area (Å²) < 4.78 is 0. The summed E-state index contributed by atoms with van der Waals surface area (Å²) in [6.07, 6.45) is 5.17. The minimum atomic E-state index is -0.104. The van der Waals surface area contributed by atoms with Crippen LogP contribution in [0.5, 0.6) is 0 Å². The molecule has 2 fully saturated rings. The van der Waals surface area contributed by atoms with Crippen molar-refractivity contribution in [2.45, 2.75) is 38.3 Å². The van der Waals surface area contributed by atoms with E-state index in [2.05, 4.69) is 18.7 Å². The van der Waals surface area contributed by atoms with Crippen LogP contribution in [0.2, 0.25) is 0 Å². The van der Waals surface area contributed by atoms with E-state index in [-0.39, 0.29) is 5.54 Å². The van der Waals surface area contributed by atoms with Crippen LogP contribution in [0.4, 0.5) is 0 Å². The predicted molar refractivity (Wildman–Crippen MR) is 65.1 cm³/mol. The van der Waals surface area contributed by atoms with E-state index in [0.717, 1.165) is 26.1 Å².